The quantitative estimate of drug-likeness (QED) is 0.870. The van der Waals surface area contributed by atoms with Gasteiger partial charge in [-0.3, -0.25) is 0 Å². The van der Waals surface area contributed by atoms with E-state index in [0.717, 1.165) is 0 Å². The third-order valence-electron chi connectivity index (χ3n) is 2.99. The van der Waals surface area contributed by atoms with Gasteiger partial charge >= 0.3 is 0 Å². The molecule has 2 rings (SSSR count). The Labute approximate surface area is 121 Å². The number of hydrogen-bond donors (Lipinski definition) is 1. The van der Waals surface area contributed by atoms with Crippen molar-refractivity contribution in [2.24, 2.45) is 5.73 Å². The highest BCUT2D eigenvalue weighted by molar-refractivity contribution is 7.80. The monoisotopic (exact) mass is 292 g/mol. The lowest BCUT2D eigenvalue weighted by atomic mass is 10.1. The van der Waals surface area contributed by atoms with Gasteiger partial charge in [-0.25, -0.2) is 8.78 Å². The normalized spacial score (nSPS) is 10.3. The summed E-state index contributed by atoms with van der Waals surface area (Å²) in [6.07, 6.45) is 0. The summed E-state index contributed by atoms with van der Waals surface area (Å²) in [6.45, 7) is 2.31. The Hall–Kier alpha value is -2.01. The van der Waals surface area contributed by atoms with Crippen LogP contribution in [0.5, 0.6) is 0 Å². The zero-order valence-electron chi connectivity index (χ0n) is 10.9. The van der Waals surface area contributed by atoms with E-state index in [0.29, 0.717) is 17.9 Å². The highest BCUT2D eigenvalue weighted by Crippen LogP contribution is 2.31. The SMILES string of the molecule is CCN(c1ccccc1F)c1cccc(F)c1C(N)=S. The van der Waals surface area contributed by atoms with E-state index in [4.69, 9.17) is 18.0 Å². The van der Waals surface area contributed by atoms with E-state index in [1.54, 1.807) is 35.2 Å². The summed E-state index contributed by atoms with van der Waals surface area (Å²) in [4.78, 5) is 1.60. The fourth-order valence-corrected chi connectivity index (χ4v) is 2.32. The Morgan fingerprint density at radius 1 is 1.05 bits per heavy atom. The third-order valence-corrected chi connectivity index (χ3v) is 3.19. The van der Waals surface area contributed by atoms with Crippen LogP contribution < -0.4 is 10.6 Å². The van der Waals surface area contributed by atoms with E-state index >= 15 is 0 Å². The van der Waals surface area contributed by atoms with E-state index in [-0.39, 0.29) is 16.4 Å². The standard InChI is InChI=1S/C15H14F2N2S/c1-2-19(12-8-4-3-6-10(12)16)13-9-5-7-11(17)14(13)15(18)20/h3-9H,2H2,1H3,(H2,18,20). The lowest BCUT2D eigenvalue weighted by molar-refractivity contribution is 0.620. The topological polar surface area (TPSA) is 29.3 Å². The highest BCUT2D eigenvalue weighted by atomic mass is 32.1. The Bertz CT molecular complexity index is 644. The molecule has 0 bridgehead atoms. The van der Waals surface area contributed by atoms with Crippen LogP contribution in [0.25, 0.3) is 0 Å². The fourth-order valence-electron chi connectivity index (χ4n) is 2.12. The van der Waals surface area contributed by atoms with Crippen molar-refractivity contribution in [3.8, 4) is 0 Å². The third kappa shape index (κ3) is 2.63. The number of halogens is 2. The maximum Gasteiger partial charge on any atom is 0.146 e. The number of nitrogens with two attached hydrogens (primary N) is 1. The minimum Gasteiger partial charge on any atom is -0.389 e. The molecule has 0 saturated carbocycles. The van der Waals surface area contributed by atoms with E-state index in [1.807, 2.05) is 6.92 Å². The van der Waals surface area contributed by atoms with Gasteiger partial charge < -0.3 is 10.6 Å². The average molecular weight is 292 g/mol. The van der Waals surface area contributed by atoms with Crippen LogP contribution in [0.15, 0.2) is 42.5 Å². The molecule has 0 spiro atoms. The molecule has 0 unspecified atom stereocenters. The van der Waals surface area contributed by atoms with Crippen LogP contribution in [-0.2, 0) is 0 Å². The number of nitrogens with zero attached hydrogens (tertiary/aromatic N) is 1. The zero-order valence-corrected chi connectivity index (χ0v) is 11.8. The predicted molar refractivity (Wildman–Crippen MR) is 81.4 cm³/mol. The van der Waals surface area contributed by atoms with Gasteiger partial charge in [-0.1, -0.05) is 30.4 Å². The van der Waals surface area contributed by atoms with Gasteiger partial charge in [-0.2, -0.15) is 0 Å². The number of thiocarbonyl (C=S) groups is 1. The molecule has 104 valence electrons. The highest BCUT2D eigenvalue weighted by Gasteiger charge is 2.18. The number of benzene rings is 2. The molecule has 5 heteroatoms. The zero-order chi connectivity index (χ0) is 14.7. The van der Waals surface area contributed by atoms with E-state index in [2.05, 4.69) is 0 Å². The number of para-hydroxylation sites is 1. The van der Waals surface area contributed by atoms with Crippen molar-refractivity contribution in [3.05, 3.63) is 59.7 Å². The van der Waals surface area contributed by atoms with Crippen molar-refractivity contribution in [2.45, 2.75) is 6.92 Å². The fraction of sp³-hybridized carbons (Fsp3) is 0.133. The summed E-state index contributed by atoms with van der Waals surface area (Å²) in [7, 11) is 0. The summed E-state index contributed by atoms with van der Waals surface area (Å²) >= 11 is 4.90. The van der Waals surface area contributed by atoms with Gasteiger partial charge in [0.2, 0.25) is 0 Å². The smallest absolute Gasteiger partial charge is 0.146 e. The first-order valence-corrected chi connectivity index (χ1v) is 6.57. The minimum absolute atomic E-state index is 0.0483. The Balaban J connectivity index is 2.62. The predicted octanol–water partition coefficient (Wildman–Crippen LogP) is 3.76. The molecule has 0 atom stereocenters. The molecule has 0 aliphatic heterocycles. The molecule has 2 nitrogen and oxygen atoms in total. The first kappa shape index (κ1) is 14.4. The molecule has 0 aliphatic carbocycles. The lowest BCUT2D eigenvalue weighted by Crippen LogP contribution is -2.23. The Kier molecular flexibility index (Phi) is 4.29. The van der Waals surface area contributed by atoms with E-state index in [9.17, 15) is 8.78 Å². The van der Waals surface area contributed by atoms with Crippen LogP contribution >= 0.6 is 12.2 Å². The molecule has 0 amide bonds. The molecule has 2 aromatic rings. The van der Waals surface area contributed by atoms with Crippen LogP contribution in [0, 0.1) is 11.6 Å². The van der Waals surface area contributed by atoms with Gasteiger partial charge in [0.05, 0.1) is 16.9 Å². The molecular formula is C15H14F2N2S. The number of rotatable bonds is 4. The van der Waals surface area contributed by atoms with Crippen LogP contribution in [0.2, 0.25) is 0 Å². The molecular weight excluding hydrogens is 278 g/mol. The van der Waals surface area contributed by atoms with Crippen molar-refractivity contribution in [1.82, 2.24) is 0 Å². The van der Waals surface area contributed by atoms with Gasteiger partial charge in [-0.05, 0) is 31.2 Å². The van der Waals surface area contributed by atoms with E-state index in [1.165, 1.54) is 12.1 Å². The summed E-state index contributed by atoms with van der Waals surface area (Å²) in [5.74, 6) is -0.891. The number of anilines is 2. The van der Waals surface area contributed by atoms with Crippen LogP contribution in [-0.4, -0.2) is 11.5 Å². The second kappa shape index (κ2) is 5.96. The maximum absolute atomic E-state index is 13.9. The van der Waals surface area contributed by atoms with Crippen molar-refractivity contribution < 1.29 is 8.78 Å². The molecule has 0 aliphatic rings. The average Bonchev–Trinajstić information content (AvgIpc) is 2.41. The summed E-state index contributed by atoms with van der Waals surface area (Å²) in [5.41, 5.74) is 6.55. The largest absolute Gasteiger partial charge is 0.389 e. The van der Waals surface area contributed by atoms with Crippen LogP contribution in [0.4, 0.5) is 20.2 Å². The molecule has 0 fully saturated rings. The first-order valence-electron chi connectivity index (χ1n) is 6.16. The Morgan fingerprint density at radius 3 is 2.25 bits per heavy atom. The van der Waals surface area contributed by atoms with Crippen LogP contribution in [0.1, 0.15) is 12.5 Å². The summed E-state index contributed by atoms with van der Waals surface area (Å²) < 4.78 is 27.9. The van der Waals surface area contributed by atoms with E-state index < -0.39 is 5.82 Å². The van der Waals surface area contributed by atoms with Gasteiger partial charge in [0.15, 0.2) is 0 Å². The van der Waals surface area contributed by atoms with Gasteiger partial charge in [-0.15, -0.1) is 0 Å². The number of hydrogen-bond acceptors (Lipinski definition) is 2. The summed E-state index contributed by atoms with van der Waals surface area (Å²) in [6, 6.07) is 10.8. The van der Waals surface area contributed by atoms with Gasteiger partial charge in [0.25, 0.3) is 0 Å². The van der Waals surface area contributed by atoms with Crippen molar-refractivity contribution in [1.29, 1.82) is 0 Å². The van der Waals surface area contributed by atoms with Gasteiger partial charge in [0, 0.05) is 6.54 Å². The maximum atomic E-state index is 13.9. The molecule has 0 heterocycles. The molecule has 2 N–H and O–H groups in total. The molecule has 0 saturated heterocycles. The summed E-state index contributed by atoms with van der Waals surface area (Å²) in [5, 5.41) is 0. The lowest BCUT2D eigenvalue weighted by Gasteiger charge is -2.26. The molecule has 0 radical (unpaired) electrons. The Morgan fingerprint density at radius 2 is 1.65 bits per heavy atom. The molecule has 20 heavy (non-hydrogen) atoms. The first-order chi connectivity index (χ1) is 9.56. The van der Waals surface area contributed by atoms with Gasteiger partial charge in [0.1, 0.15) is 16.6 Å². The van der Waals surface area contributed by atoms with Crippen molar-refractivity contribution in [2.75, 3.05) is 11.4 Å². The van der Waals surface area contributed by atoms with Crippen molar-refractivity contribution in [3.63, 3.8) is 0 Å². The van der Waals surface area contributed by atoms with Crippen LogP contribution in [0.3, 0.4) is 0 Å². The second-order valence-electron chi connectivity index (χ2n) is 4.19. The molecule has 0 aromatic heterocycles. The minimum atomic E-state index is -0.509. The second-order valence-corrected chi connectivity index (χ2v) is 4.63. The van der Waals surface area contributed by atoms with Crippen molar-refractivity contribution >= 4 is 28.6 Å². The molecule has 2 aromatic carbocycles.